The van der Waals surface area contributed by atoms with Crippen molar-refractivity contribution in [1.82, 2.24) is 0 Å². The van der Waals surface area contributed by atoms with Crippen LogP contribution in [0.15, 0.2) is 36.4 Å². The third-order valence-electron chi connectivity index (χ3n) is 5.77. The molecule has 1 aromatic rings. The number of hydrogen-bond donors (Lipinski definition) is 1. The first-order chi connectivity index (χ1) is 10.6. The number of benzene rings is 1. The molecule has 0 aliphatic heterocycles. The molecule has 0 spiro atoms. The number of esters is 1. The van der Waals surface area contributed by atoms with Crippen molar-refractivity contribution in [3.8, 4) is 0 Å². The summed E-state index contributed by atoms with van der Waals surface area (Å²) in [6, 6.07) is 7.19. The maximum Gasteiger partial charge on any atom is 0.337 e. The molecule has 2 bridgehead atoms. The summed E-state index contributed by atoms with van der Waals surface area (Å²) >= 11 is 0. The minimum atomic E-state index is -0.501. The minimum absolute atomic E-state index is 0.111. The van der Waals surface area contributed by atoms with Gasteiger partial charge in [0.1, 0.15) is 0 Å². The lowest BCUT2D eigenvalue weighted by Gasteiger charge is -2.51. The third kappa shape index (κ3) is 2.38. The van der Waals surface area contributed by atoms with Gasteiger partial charge >= 0.3 is 5.97 Å². The fourth-order valence-electron chi connectivity index (χ4n) is 4.30. The van der Waals surface area contributed by atoms with Crippen molar-refractivity contribution < 1.29 is 14.6 Å². The van der Waals surface area contributed by atoms with Crippen molar-refractivity contribution in [2.75, 3.05) is 7.11 Å². The third-order valence-corrected chi connectivity index (χ3v) is 5.77. The zero-order valence-corrected chi connectivity index (χ0v) is 13.3. The van der Waals surface area contributed by atoms with Gasteiger partial charge in [0, 0.05) is 5.41 Å². The summed E-state index contributed by atoms with van der Waals surface area (Å²) in [5.41, 5.74) is 1.30. The largest absolute Gasteiger partial charge is 0.465 e. The summed E-state index contributed by atoms with van der Waals surface area (Å²) in [6.45, 7) is 2.23. The van der Waals surface area contributed by atoms with Crippen molar-refractivity contribution in [3.63, 3.8) is 0 Å². The van der Waals surface area contributed by atoms with Gasteiger partial charge in [0.2, 0.25) is 0 Å². The Balaban J connectivity index is 1.88. The summed E-state index contributed by atoms with van der Waals surface area (Å²) in [7, 11) is 1.38. The van der Waals surface area contributed by atoms with E-state index >= 15 is 0 Å². The van der Waals surface area contributed by atoms with Crippen LogP contribution in [0.3, 0.4) is 0 Å². The van der Waals surface area contributed by atoms with Crippen LogP contribution in [0.1, 0.15) is 54.6 Å². The molecule has 22 heavy (non-hydrogen) atoms. The zero-order valence-electron chi connectivity index (χ0n) is 13.3. The van der Waals surface area contributed by atoms with E-state index in [1.165, 1.54) is 20.0 Å². The Kier molecular flexibility index (Phi) is 4.09. The van der Waals surface area contributed by atoms with Crippen LogP contribution in [-0.2, 0) is 4.74 Å². The molecule has 0 heterocycles. The van der Waals surface area contributed by atoms with Gasteiger partial charge in [-0.3, -0.25) is 0 Å². The molecule has 1 saturated carbocycles. The molecule has 118 valence electrons. The highest BCUT2D eigenvalue weighted by Crippen LogP contribution is 2.56. The summed E-state index contributed by atoms with van der Waals surface area (Å²) in [4.78, 5) is 11.5. The average molecular weight is 300 g/mol. The van der Waals surface area contributed by atoms with E-state index in [1.54, 1.807) is 12.1 Å². The molecule has 4 atom stereocenters. The fourth-order valence-corrected chi connectivity index (χ4v) is 4.30. The van der Waals surface area contributed by atoms with Crippen LogP contribution in [0, 0.1) is 17.3 Å². The van der Waals surface area contributed by atoms with Crippen LogP contribution >= 0.6 is 0 Å². The van der Waals surface area contributed by atoms with Gasteiger partial charge < -0.3 is 9.84 Å². The van der Waals surface area contributed by atoms with E-state index in [9.17, 15) is 9.90 Å². The number of carbonyl (C=O) groups excluding carboxylic acids is 1. The van der Waals surface area contributed by atoms with E-state index in [0.717, 1.165) is 18.4 Å². The predicted octanol–water partition coefficient (Wildman–Crippen LogP) is 3.89. The van der Waals surface area contributed by atoms with E-state index in [4.69, 9.17) is 4.74 Å². The van der Waals surface area contributed by atoms with E-state index in [1.807, 2.05) is 12.1 Å². The Morgan fingerprint density at radius 1 is 1.32 bits per heavy atom. The van der Waals surface area contributed by atoms with Crippen molar-refractivity contribution in [1.29, 1.82) is 0 Å². The number of aliphatic hydroxyl groups is 1. The topological polar surface area (TPSA) is 46.5 Å². The molecule has 1 unspecified atom stereocenters. The van der Waals surface area contributed by atoms with Crippen molar-refractivity contribution in [3.05, 3.63) is 47.5 Å². The lowest BCUT2D eigenvalue weighted by atomic mass is 9.54. The second-order valence-corrected chi connectivity index (χ2v) is 6.78. The Hall–Kier alpha value is -1.61. The van der Waals surface area contributed by atoms with Crippen LogP contribution in [0.4, 0.5) is 0 Å². The Morgan fingerprint density at radius 2 is 2.05 bits per heavy atom. The van der Waals surface area contributed by atoms with E-state index < -0.39 is 6.10 Å². The number of rotatable bonds is 3. The van der Waals surface area contributed by atoms with Crippen LogP contribution < -0.4 is 0 Å². The summed E-state index contributed by atoms with van der Waals surface area (Å²) in [6.07, 6.45) is 8.73. The number of carbonyl (C=O) groups is 1. The number of fused-ring (bicyclic) bond motifs is 2. The number of methoxy groups -OCH3 is 1. The normalized spacial score (nSPS) is 31.6. The van der Waals surface area contributed by atoms with E-state index in [-0.39, 0.29) is 11.4 Å². The van der Waals surface area contributed by atoms with Gasteiger partial charge in [0.05, 0.1) is 18.8 Å². The van der Waals surface area contributed by atoms with Gasteiger partial charge in [-0.05, 0) is 48.8 Å². The molecule has 1 aromatic carbocycles. The van der Waals surface area contributed by atoms with Crippen LogP contribution in [0.5, 0.6) is 0 Å². The Bertz CT molecular complexity index is 575. The first kappa shape index (κ1) is 15.3. The van der Waals surface area contributed by atoms with Gasteiger partial charge in [-0.2, -0.15) is 0 Å². The molecule has 0 saturated heterocycles. The average Bonchev–Trinajstić information content (AvgIpc) is 2.53. The minimum Gasteiger partial charge on any atom is -0.465 e. The molecule has 1 N–H and O–H groups in total. The molecule has 3 heteroatoms. The van der Waals surface area contributed by atoms with Crippen LogP contribution in [0.25, 0.3) is 0 Å². The van der Waals surface area contributed by atoms with E-state index in [0.29, 0.717) is 17.4 Å². The molecule has 0 aromatic heterocycles. The SMILES string of the molecule is COC(=O)c1ccc(C(O)[C@]2(C)[C@@H]3CC=C[C@H]2CCC3)cc1. The molecule has 2 aliphatic carbocycles. The van der Waals surface area contributed by atoms with Crippen molar-refractivity contribution in [2.45, 2.75) is 38.7 Å². The van der Waals surface area contributed by atoms with Crippen LogP contribution in [0.2, 0.25) is 0 Å². The first-order valence-electron chi connectivity index (χ1n) is 8.10. The predicted molar refractivity (Wildman–Crippen MR) is 85.4 cm³/mol. The highest BCUT2D eigenvalue weighted by atomic mass is 16.5. The molecule has 3 nitrogen and oxygen atoms in total. The number of ether oxygens (including phenoxy) is 1. The summed E-state index contributed by atoms with van der Waals surface area (Å²) in [5.74, 6) is 0.631. The molecule has 3 rings (SSSR count). The molecule has 0 amide bonds. The number of hydrogen-bond acceptors (Lipinski definition) is 3. The van der Waals surface area contributed by atoms with Gasteiger partial charge in [-0.15, -0.1) is 0 Å². The Morgan fingerprint density at radius 3 is 2.68 bits per heavy atom. The number of aliphatic hydroxyl groups excluding tert-OH is 1. The second-order valence-electron chi connectivity index (χ2n) is 6.78. The maximum absolute atomic E-state index is 11.5. The smallest absolute Gasteiger partial charge is 0.337 e. The maximum atomic E-state index is 11.5. The van der Waals surface area contributed by atoms with E-state index in [2.05, 4.69) is 19.1 Å². The first-order valence-corrected chi connectivity index (χ1v) is 8.10. The molecular weight excluding hydrogens is 276 g/mol. The molecule has 1 fully saturated rings. The molecular formula is C19H24O3. The molecule has 0 radical (unpaired) electrons. The standard InChI is InChI=1S/C19H24O3/c1-19(15-5-3-6-16(19)8-4-7-15)17(20)13-9-11-14(12-10-13)18(21)22-2/h3,5,9-12,15-17,20H,4,6-8H2,1-2H3/t15-,16+,17?,19-/m0/s1. The molecule has 2 aliphatic rings. The van der Waals surface area contributed by atoms with Gasteiger partial charge in [-0.1, -0.05) is 37.6 Å². The van der Waals surface area contributed by atoms with Crippen molar-refractivity contribution in [2.24, 2.45) is 17.3 Å². The highest BCUT2D eigenvalue weighted by Gasteiger charge is 2.49. The second kappa shape index (κ2) is 5.88. The summed E-state index contributed by atoms with van der Waals surface area (Å²) < 4.78 is 4.72. The lowest BCUT2D eigenvalue weighted by molar-refractivity contribution is -0.0675. The zero-order chi connectivity index (χ0) is 15.7. The fraction of sp³-hybridized carbons (Fsp3) is 0.526. The monoisotopic (exact) mass is 300 g/mol. The van der Waals surface area contributed by atoms with Crippen molar-refractivity contribution >= 4 is 5.97 Å². The van der Waals surface area contributed by atoms with Gasteiger partial charge in [0.25, 0.3) is 0 Å². The quantitative estimate of drug-likeness (QED) is 0.680. The van der Waals surface area contributed by atoms with Gasteiger partial charge in [-0.25, -0.2) is 4.79 Å². The number of allylic oxidation sites excluding steroid dienone is 2. The van der Waals surface area contributed by atoms with Gasteiger partial charge in [0.15, 0.2) is 0 Å². The Labute approximate surface area is 132 Å². The highest BCUT2D eigenvalue weighted by molar-refractivity contribution is 5.89. The summed E-state index contributed by atoms with van der Waals surface area (Å²) in [5, 5.41) is 11.0. The lowest BCUT2D eigenvalue weighted by Crippen LogP contribution is -2.44. The van der Waals surface area contributed by atoms with Crippen LogP contribution in [-0.4, -0.2) is 18.2 Å².